The summed E-state index contributed by atoms with van der Waals surface area (Å²) in [6.45, 7) is 13.7. The Hall–Kier alpha value is -0.960. The minimum Gasteiger partial charge on any atom is -0.322 e. The van der Waals surface area contributed by atoms with E-state index < -0.39 is 10.1 Å². The average Bonchev–Trinajstić information content (AvgIpc) is 2.84. The van der Waals surface area contributed by atoms with Crippen LogP contribution in [0.25, 0.3) is 0 Å². The Morgan fingerprint density at radius 3 is 1.91 bits per heavy atom. The first-order chi connectivity index (χ1) is 16.7. The maximum absolute atomic E-state index is 10.4. The molecule has 35 heavy (non-hydrogen) atoms. The lowest BCUT2D eigenvalue weighted by atomic mass is 10.0. The maximum Gasteiger partial charge on any atom is 0.294 e. The van der Waals surface area contributed by atoms with E-state index in [-0.39, 0.29) is 4.90 Å². The Balaban J connectivity index is 0.000000507. The van der Waals surface area contributed by atoms with E-state index in [1.165, 1.54) is 103 Å². The van der Waals surface area contributed by atoms with E-state index in [2.05, 4.69) is 74.6 Å². The largest absolute Gasteiger partial charge is 0.322 e. The quantitative estimate of drug-likeness (QED) is 0.0951. The second kappa shape index (κ2) is 17.5. The Labute approximate surface area is 229 Å². The summed E-state index contributed by atoms with van der Waals surface area (Å²) in [5.74, 6) is 0. The lowest BCUT2D eigenvalue weighted by molar-refractivity contribution is -0.948. The van der Waals surface area contributed by atoms with Crippen LogP contribution in [0.2, 0.25) is 0 Å². The van der Waals surface area contributed by atoms with Crippen LogP contribution in [0.4, 0.5) is 0 Å². The van der Waals surface area contributed by atoms with Gasteiger partial charge in [-0.15, -0.1) is 0 Å². The zero-order valence-corrected chi connectivity index (χ0v) is 25.2. The van der Waals surface area contributed by atoms with Gasteiger partial charge >= 0.3 is 0 Å². The molecule has 0 fully saturated rings. The van der Waals surface area contributed by atoms with Crippen LogP contribution >= 0.6 is 22.6 Å². The summed E-state index contributed by atoms with van der Waals surface area (Å²) in [5, 5.41) is 0. The van der Waals surface area contributed by atoms with Crippen molar-refractivity contribution in [2.24, 2.45) is 0 Å². The van der Waals surface area contributed by atoms with Crippen molar-refractivity contribution in [2.45, 2.75) is 96.4 Å². The second-order valence-electron chi connectivity index (χ2n) is 9.56. The van der Waals surface area contributed by atoms with Gasteiger partial charge in [0.25, 0.3) is 10.1 Å². The van der Waals surface area contributed by atoms with E-state index in [1.54, 1.807) is 18.2 Å². The van der Waals surface area contributed by atoms with Crippen LogP contribution in [0.5, 0.6) is 0 Å². The number of unbranched alkanes of at least 4 members (excludes halogenated alkanes) is 4. The van der Waals surface area contributed by atoms with Gasteiger partial charge < -0.3 is 4.48 Å². The lowest BCUT2D eigenvalue weighted by Gasteiger charge is -2.43. The fourth-order valence-corrected chi connectivity index (χ4v) is 5.80. The van der Waals surface area contributed by atoms with Crippen LogP contribution in [0.1, 0.15) is 84.6 Å². The predicted molar refractivity (Wildman–Crippen MR) is 157 cm³/mol. The third kappa shape index (κ3) is 12.7. The van der Waals surface area contributed by atoms with Gasteiger partial charge in [-0.3, -0.25) is 4.55 Å². The number of nitrogens with zero attached hydrogens (tertiary/aromatic N) is 1. The molecule has 0 bridgehead atoms. The van der Waals surface area contributed by atoms with Gasteiger partial charge in [-0.25, -0.2) is 0 Å². The Kier molecular flexibility index (Phi) is 16.0. The molecular weight excluding hydrogens is 569 g/mol. The van der Waals surface area contributed by atoms with E-state index >= 15 is 0 Å². The molecule has 0 radical (unpaired) electrons. The standard InChI is InChI=1S/C23H41IN.C6H6O3S/c1-5-8-10-18-25(7-3,19-11-9-6-2)21(4)14-12-15-22-16-13-17-23(24)20-22;7-10(8,9)6-4-2-1-3-5-6/h13,16-17,20-21H,5-12,14-15,18-19H2,1-4H3;1-5H,(H,7,8,9)/q+1;. The topological polar surface area (TPSA) is 54.4 Å². The molecule has 0 spiro atoms. The summed E-state index contributed by atoms with van der Waals surface area (Å²) >= 11 is 2.42. The highest BCUT2D eigenvalue weighted by Gasteiger charge is 2.30. The number of benzene rings is 2. The number of hydrogen-bond acceptors (Lipinski definition) is 2. The van der Waals surface area contributed by atoms with Crippen molar-refractivity contribution in [2.75, 3.05) is 19.6 Å². The molecule has 198 valence electrons. The molecule has 2 rings (SSSR count). The van der Waals surface area contributed by atoms with Crippen LogP contribution in [-0.2, 0) is 16.5 Å². The lowest BCUT2D eigenvalue weighted by Crippen LogP contribution is -2.55. The smallest absolute Gasteiger partial charge is 0.294 e. The molecule has 0 aromatic heterocycles. The number of quaternary nitrogens is 1. The molecule has 0 aliphatic carbocycles. The summed E-state index contributed by atoms with van der Waals surface area (Å²) in [7, 11) is -4.00. The molecule has 4 nitrogen and oxygen atoms in total. The molecule has 0 saturated heterocycles. The zero-order chi connectivity index (χ0) is 26.2. The third-order valence-electron chi connectivity index (χ3n) is 7.00. The van der Waals surface area contributed by atoms with E-state index in [4.69, 9.17) is 4.55 Å². The highest BCUT2D eigenvalue weighted by Crippen LogP contribution is 2.23. The van der Waals surface area contributed by atoms with Crippen molar-refractivity contribution in [1.82, 2.24) is 0 Å². The van der Waals surface area contributed by atoms with Gasteiger partial charge in [0.15, 0.2) is 0 Å². The number of halogens is 1. The molecular formula is C29H47INO3S+. The number of rotatable bonds is 15. The summed E-state index contributed by atoms with van der Waals surface area (Å²) in [4.78, 5) is -0.0741. The van der Waals surface area contributed by atoms with Crippen molar-refractivity contribution in [1.29, 1.82) is 0 Å². The molecule has 1 atom stereocenters. The fraction of sp³-hybridized carbons (Fsp3) is 0.586. The minimum atomic E-state index is -4.00. The Bertz CT molecular complexity index is 909. The molecule has 0 saturated carbocycles. The van der Waals surface area contributed by atoms with Crippen LogP contribution in [0, 0.1) is 3.57 Å². The van der Waals surface area contributed by atoms with E-state index in [0.717, 1.165) is 6.04 Å². The summed E-state index contributed by atoms with van der Waals surface area (Å²) in [6, 6.07) is 17.2. The van der Waals surface area contributed by atoms with Crippen molar-refractivity contribution >= 4 is 32.7 Å². The van der Waals surface area contributed by atoms with Gasteiger partial charge in [-0.05, 0) is 111 Å². The zero-order valence-electron chi connectivity index (χ0n) is 22.3. The van der Waals surface area contributed by atoms with Gasteiger partial charge in [0.2, 0.25) is 0 Å². The average molecular weight is 617 g/mol. The van der Waals surface area contributed by atoms with Crippen molar-refractivity contribution < 1.29 is 17.5 Å². The van der Waals surface area contributed by atoms with Gasteiger partial charge in [-0.2, -0.15) is 8.42 Å². The van der Waals surface area contributed by atoms with Crippen LogP contribution < -0.4 is 0 Å². The monoisotopic (exact) mass is 616 g/mol. The highest BCUT2D eigenvalue weighted by atomic mass is 127. The molecule has 0 aliphatic heterocycles. The maximum atomic E-state index is 10.4. The first-order valence-electron chi connectivity index (χ1n) is 13.3. The van der Waals surface area contributed by atoms with Gasteiger partial charge in [0.05, 0.1) is 30.6 Å². The van der Waals surface area contributed by atoms with E-state index in [1.807, 2.05) is 0 Å². The summed E-state index contributed by atoms with van der Waals surface area (Å²) < 4.78 is 32.0. The van der Waals surface area contributed by atoms with Gasteiger partial charge in [0.1, 0.15) is 0 Å². The van der Waals surface area contributed by atoms with Gasteiger partial charge in [-0.1, -0.05) is 57.0 Å². The van der Waals surface area contributed by atoms with Crippen LogP contribution in [-0.4, -0.2) is 43.1 Å². The van der Waals surface area contributed by atoms with E-state index in [9.17, 15) is 8.42 Å². The van der Waals surface area contributed by atoms with E-state index in [0.29, 0.717) is 0 Å². The minimum absolute atomic E-state index is 0.0741. The molecule has 1 unspecified atom stereocenters. The first-order valence-corrected chi connectivity index (χ1v) is 15.8. The summed E-state index contributed by atoms with van der Waals surface area (Å²) in [6.07, 6.45) is 12.2. The van der Waals surface area contributed by atoms with Crippen molar-refractivity contribution in [3.8, 4) is 0 Å². The van der Waals surface area contributed by atoms with Gasteiger partial charge in [0, 0.05) is 3.57 Å². The summed E-state index contributed by atoms with van der Waals surface area (Å²) in [5.41, 5.74) is 1.51. The molecule has 1 N–H and O–H groups in total. The molecule has 2 aromatic rings. The number of hydrogen-bond donors (Lipinski definition) is 1. The highest BCUT2D eigenvalue weighted by molar-refractivity contribution is 14.1. The van der Waals surface area contributed by atoms with Crippen LogP contribution in [0.3, 0.4) is 0 Å². The molecule has 0 aliphatic rings. The molecule has 2 aromatic carbocycles. The first kappa shape index (κ1) is 32.1. The second-order valence-corrected chi connectivity index (χ2v) is 12.2. The molecule has 0 amide bonds. The normalized spacial score (nSPS) is 12.6. The fourth-order valence-electron chi connectivity index (χ4n) is 4.69. The van der Waals surface area contributed by atoms with Crippen LogP contribution in [0.15, 0.2) is 59.5 Å². The molecule has 0 heterocycles. The Morgan fingerprint density at radius 2 is 1.46 bits per heavy atom. The Morgan fingerprint density at radius 1 is 0.857 bits per heavy atom. The number of aryl methyl sites for hydroxylation is 1. The van der Waals surface area contributed by atoms with Crippen molar-refractivity contribution in [3.05, 3.63) is 63.7 Å². The molecule has 6 heteroatoms. The predicted octanol–water partition coefficient (Wildman–Crippen LogP) is 8.15. The SMILES string of the molecule is CCCCC[N+](CC)(CCCCC)C(C)CCCc1cccc(I)c1.O=S(=O)(O)c1ccccc1. The third-order valence-corrected chi connectivity index (χ3v) is 8.54. The van der Waals surface area contributed by atoms with Crippen molar-refractivity contribution in [3.63, 3.8) is 0 Å².